The van der Waals surface area contributed by atoms with Gasteiger partial charge in [0.05, 0.1) is 12.7 Å². The Morgan fingerprint density at radius 1 is 1.33 bits per heavy atom. The van der Waals surface area contributed by atoms with Gasteiger partial charge in [0, 0.05) is 12.3 Å². The molecular formula is C9H14F2O. The Kier molecular flexibility index (Phi) is 2.07. The molecule has 2 rings (SSSR count). The smallest absolute Gasteiger partial charge is 0.250 e. The van der Waals surface area contributed by atoms with Crippen LogP contribution in [0.5, 0.6) is 0 Å². The molecule has 0 radical (unpaired) electrons. The molecule has 0 amide bonds. The van der Waals surface area contributed by atoms with Gasteiger partial charge in [0.25, 0.3) is 5.92 Å². The topological polar surface area (TPSA) is 12.5 Å². The molecule has 1 nitrogen and oxygen atoms in total. The summed E-state index contributed by atoms with van der Waals surface area (Å²) in [5, 5.41) is 0. The van der Waals surface area contributed by atoms with Crippen LogP contribution in [-0.4, -0.2) is 18.6 Å². The minimum absolute atomic E-state index is 0.100. The van der Waals surface area contributed by atoms with Gasteiger partial charge in [0.1, 0.15) is 0 Å². The Bertz CT molecular complexity index is 166. The zero-order valence-corrected chi connectivity index (χ0v) is 7.06. The minimum atomic E-state index is -2.38. The molecule has 2 atom stereocenters. The van der Waals surface area contributed by atoms with Crippen LogP contribution in [-0.2, 0) is 4.74 Å². The fraction of sp³-hybridized carbons (Fsp3) is 1.00. The monoisotopic (exact) mass is 176 g/mol. The van der Waals surface area contributed by atoms with E-state index in [1.807, 2.05) is 0 Å². The fourth-order valence-corrected chi connectivity index (χ4v) is 1.98. The lowest BCUT2D eigenvalue weighted by Gasteiger charge is -2.17. The third-order valence-electron chi connectivity index (χ3n) is 2.90. The van der Waals surface area contributed by atoms with Crippen LogP contribution >= 0.6 is 0 Å². The third kappa shape index (κ3) is 1.76. The lowest BCUT2D eigenvalue weighted by molar-refractivity contribution is -0.0403. The lowest BCUT2D eigenvalue weighted by Crippen LogP contribution is -2.21. The maximum Gasteiger partial charge on any atom is 0.250 e. The van der Waals surface area contributed by atoms with Crippen molar-refractivity contribution in [3.8, 4) is 0 Å². The van der Waals surface area contributed by atoms with Gasteiger partial charge < -0.3 is 4.74 Å². The van der Waals surface area contributed by atoms with Gasteiger partial charge in [0.15, 0.2) is 0 Å². The first kappa shape index (κ1) is 8.42. The van der Waals surface area contributed by atoms with E-state index >= 15 is 0 Å². The summed E-state index contributed by atoms with van der Waals surface area (Å²) in [6.45, 7) is 0.790. The van der Waals surface area contributed by atoms with Crippen LogP contribution in [0.4, 0.5) is 8.78 Å². The van der Waals surface area contributed by atoms with Gasteiger partial charge in [-0.25, -0.2) is 8.78 Å². The second kappa shape index (κ2) is 2.95. The summed E-state index contributed by atoms with van der Waals surface area (Å²) in [4.78, 5) is 0. The molecule has 2 fully saturated rings. The number of hydrogen-bond donors (Lipinski definition) is 0. The van der Waals surface area contributed by atoms with Gasteiger partial charge in [-0.1, -0.05) is 0 Å². The van der Waals surface area contributed by atoms with E-state index in [4.69, 9.17) is 4.74 Å². The Labute approximate surface area is 71.1 Å². The number of halogens is 2. The van der Waals surface area contributed by atoms with Gasteiger partial charge in [-0.05, 0) is 25.7 Å². The third-order valence-corrected chi connectivity index (χ3v) is 2.90. The Hall–Kier alpha value is -0.180. The molecule has 2 aliphatic rings. The first-order valence-electron chi connectivity index (χ1n) is 4.68. The second-order valence-corrected chi connectivity index (χ2v) is 3.88. The Balaban J connectivity index is 1.77. The molecule has 3 heteroatoms. The van der Waals surface area contributed by atoms with Crippen molar-refractivity contribution in [3.05, 3.63) is 0 Å². The Morgan fingerprint density at radius 3 is 2.58 bits per heavy atom. The summed E-state index contributed by atoms with van der Waals surface area (Å²) >= 11 is 0. The molecule has 2 unspecified atom stereocenters. The normalized spacial score (nSPS) is 38.5. The van der Waals surface area contributed by atoms with E-state index in [2.05, 4.69) is 0 Å². The standard InChI is InChI=1S/C9H14F2O/c10-9(11)5-1-2-7(9)3-4-8-6-12-8/h7-8H,1-6H2. The quantitative estimate of drug-likeness (QED) is 0.602. The van der Waals surface area contributed by atoms with Crippen molar-refractivity contribution in [3.63, 3.8) is 0 Å². The number of epoxide rings is 1. The predicted molar refractivity (Wildman–Crippen MR) is 41.3 cm³/mol. The lowest BCUT2D eigenvalue weighted by atomic mass is 9.98. The maximum atomic E-state index is 13.0. The van der Waals surface area contributed by atoms with Crippen LogP contribution in [0, 0.1) is 5.92 Å². The highest BCUT2D eigenvalue weighted by atomic mass is 19.3. The van der Waals surface area contributed by atoms with Crippen LogP contribution in [0.25, 0.3) is 0 Å². The zero-order chi connectivity index (χ0) is 8.60. The molecule has 1 saturated carbocycles. The van der Waals surface area contributed by atoms with Crippen molar-refractivity contribution in [1.82, 2.24) is 0 Å². The van der Waals surface area contributed by atoms with Crippen molar-refractivity contribution in [2.45, 2.75) is 44.1 Å². The van der Waals surface area contributed by atoms with Crippen LogP contribution in [0.3, 0.4) is 0 Å². The van der Waals surface area contributed by atoms with Crippen molar-refractivity contribution in [2.75, 3.05) is 6.61 Å². The summed E-state index contributed by atoms with van der Waals surface area (Å²) in [5.74, 6) is -2.74. The van der Waals surface area contributed by atoms with E-state index in [1.54, 1.807) is 0 Å². The van der Waals surface area contributed by atoms with Crippen LogP contribution in [0.1, 0.15) is 32.1 Å². The largest absolute Gasteiger partial charge is 0.373 e. The summed E-state index contributed by atoms with van der Waals surface area (Å²) in [6, 6.07) is 0. The maximum absolute atomic E-state index is 13.0. The molecule has 70 valence electrons. The van der Waals surface area contributed by atoms with Gasteiger partial charge in [-0.15, -0.1) is 0 Å². The van der Waals surface area contributed by atoms with Gasteiger partial charge >= 0.3 is 0 Å². The second-order valence-electron chi connectivity index (χ2n) is 3.88. The van der Waals surface area contributed by atoms with Gasteiger partial charge in [-0.3, -0.25) is 0 Å². The van der Waals surface area contributed by atoms with E-state index in [1.165, 1.54) is 0 Å². The average molecular weight is 176 g/mol. The molecule has 0 bridgehead atoms. The van der Waals surface area contributed by atoms with Crippen LogP contribution in [0.2, 0.25) is 0 Å². The number of rotatable bonds is 3. The van der Waals surface area contributed by atoms with Crippen LogP contribution in [0.15, 0.2) is 0 Å². The molecule has 1 aliphatic heterocycles. The molecule has 12 heavy (non-hydrogen) atoms. The molecule has 0 N–H and O–H groups in total. The van der Waals surface area contributed by atoms with Crippen molar-refractivity contribution >= 4 is 0 Å². The highest BCUT2D eigenvalue weighted by molar-refractivity contribution is 4.85. The Morgan fingerprint density at radius 2 is 2.08 bits per heavy atom. The minimum Gasteiger partial charge on any atom is -0.373 e. The van der Waals surface area contributed by atoms with E-state index < -0.39 is 5.92 Å². The molecule has 0 aromatic heterocycles. The predicted octanol–water partition coefficient (Wildman–Crippen LogP) is 2.60. The average Bonchev–Trinajstić information content (AvgIpc) is 2.74. The summed E-state index contributed by atoms with van der Waals surface area (Å²) in [5.41, 5.74) is 0. The first-order chi connectivity index (χ1) is 5.68. The number of hydrogen-bond acceptors (Lipinski definition) is 1. The molecule has 0 aromatic carbocycles. The SMILES string of the molecule is FC1(F)CCCC1CCC1CO1. The number of alkyl halides is 2. The van der Waals surface area contributed by atoms with E-state index in [0.29, 0.717) is 25.4 Å². The molecule has 0 spiro atoms. The van der Waals surface area contributed by atoms with E-state index in [-0.39, 0.29) is 12.3 Å². The highest BCUT2D eigenvalue weighted by Crippen LogP contribution is 2.43. The van der Waals surface area contributed by atoms with Crippen molar-refractivity contribution < 1.29 is 13.5 Å². The van der Waals surface area contributed by atoms with Crippen molar-refractivity contribution in [2.24, 2.45) is 5.92 Å². The van der Waals surface area contributed by atoms with Gasteiger partial charge in [0.2, 0.25) is 0 Å². The summed E-state index contributed by atoms with van der Waals surface area (Å²) in [7, 11) is 0. The van der Waals surface area contributed by atoms with Gasteiger partial charge in [-0.2, -0.15) is 0 Å². The zero-order valence-electron chi connectivity index (χ0n) is 7.06. The summed E-state index contributed by atoms with van der Waals surface area (Å²) in [6.07, 6.45) is 3.30. The van der Waals surface area contributed by atoms with E-state index in [9.17, 15) is 8.78 Å². The molecule has 1 heterocycles. The molecule has 1 aliphatic carbocycles. The molecule has 0 aromatic rings. The summed E-state index contributed by atoms with van der Waals surface area (Å²) < 4.78 is 31.1. The molecular weight excluding hydrogens is 162 g/mol. The fourth-order valence-electron chi connectivity index (χ4n) is 1.98. The van der Waals surface area contributed by atoms with E-state index in [0.717, 1.165) is 13.0 Å². The first-order valence-corrected chi connectivity index (χ1v) is 4.68. The molecule has 1 saturated heterocycles. The highest BCUT2D eigenvalue weighted by Gasteiger charge is 2.43. The van der Waals surface area contributed by atoms with Crippen LogP contribution < -0.4 is 0 Å². The van der Waals surface area contributed by atoms with Crippen molar-refractivity contribution in [1.29, 1.82) is 0 Å². The number of ether oxygens (including phenoxy) is 1.